The first-order valence-corrected chi connectivity index (χ1v) is 7.15. The highest BCUT2D eigenvalue weighted by atomic mass is 19.4. The average Bonchev–Trinajstić information content (AvgIpc) is 2.52. The van der Waals surface area contributed by atoms with Crippen LogP contribution in [0.2, 0.25) is 0 Å². The first-order chi connectivity index (χ1) is 11.3. The lowest BCUT2D eigenvalue weighted by atomic mass is 10.1. The van der Waals surface area contributed by atoms with E-state index in [1.807, 2.05) is 19.0 Å². The van der Waals surface area contributed by atoms with Crippen molar-refractivity contribution in [2.75, 3.05) is 19.0 Å². The lowest BCUT2D eigenvalue weighted by Crippen LogP contribution is -2.24. The van der Waals surface area contributed by atoms with E-state index in [2.05, 4.69) is 10.1 Å². The van der Waals surface area contributed by atoms with Crippen molar-refractivity contribution >= 4 is 11.6 Å². The summed E-state index contributed by atoms with van der Waals surface area (Å²) in [5.41, 5.74) is 1.61. The molecule has 0 aromatic heterocycles. The van der Waals surface area contributed by atoms with Crippen molar-refractivity contribution in [2.45, 2.75) is 12.9 Å². The Morgan fingerprint density at radius 1 is 1.08 bits per heavy atom. The monoisotopic (exact) mass is 338 g/mol. The normalized spacial score (nSPS) is 11.0. The molecular formula is C17H17F3N2O2. The summed E-state index contributed by atoms with van der Waals surface area (Å²) in [5, 5.41) is 2.59. The molecule has 0 aliphatic carbocycles. The van der Waals surface area contributed by atoms with Crippen LogP contribution in [0.1, 0.15) is 15.9 Å². The molecule has 0 fully saturated rings. The van der Waals surface area contributed by atoms with Crippen molar-refractivity contribution < 1.29 is 22.7 Å². The van der Waals surface area contributed by atoms with Gasteiger partial charge in [-0.05, 0) is 30.3 Å². The van der Waals surface area contributed by atoms with Crippen molar-refractivity contribution in [2.24, 2.45) is 0 Å². The van der Waals surface area contributed by atoms with Gasteiger partial charge in [-0.15, -0.1) is 13.2 Å². The highest BCUT2D eigenvalue weighted by Gasteiger charge is 2.31. The van der Waals surface area contributed by atoms with Gasteiger partial charge >= 0.3 is 6.36 Å². The summed E-state index contributed by atoms with van der Waals surface area (Å²) in [5.74, 6) is -0.699. The second-order valence-electron chi connectivity index (χ2n) is 5.28. The van der Waals surface area contributed by atoms with E-state index >= 15 is 0 Å². The van der Waals surface area contributed by atoms with Gasteiger partial charge in [0.05, 0.1) is 0 Å². The zero-order valence-corrected chi connectivity index (χ0v) is 13.2. The van der Waals surface area contributed by atoms with Gasteiger partial charge in [-0.2, -0.15) is 0 Å². The average molecular weight is 338 g/mol. The first kappa shape index (κ1) is 17.7. The molecule has 0 saturated heterocycles. The van der Waals surface area contributed by atoms with Crippen LogP contribution in [0.5, 0.6) is 5.75 Å². The number of para-hydroxylation sites is 1. The Labute approximate surface area is 137 Å². The highest BCUT2D eigenvalue weighted by molar-refractivity contribution is 5.94. The predicted molar refractivity (Wildman–Crippen MR) is 85.1 cm³/mol. The zero-order valence-electron chi connectivity index (χ0n) is 13.2. The maximum atomic E-state index is 12.4. The molecule has 0 heterocycles. The lowest BCUT2D eigenvalue weighted by molar-refractivity contribution is -0.274. The summed E-state index contributed by atoms with van der Waals surface area (Å²) < 4.78 is 41.1. The van der Waals surface area contributed by atoms with E-state index in [0.717, 1.165) is 5.69 Å². The first-order valence-electron chi connectivity index (χ1n) is 7.15. The largest absolute Gasteiger partial charge is 0.573 e. The van der Waals surface area contributed by atoms with Gasteiger partial charge in [0.2, 0.25) is 0 Å². The number of alkyl halides is 3. The number of hydrogen-bond donors (Lipinski definition) is 1. The molecular weight excluding hydrogens is 321 g/mol. The third kappa shape index (κ3) is 4.91. The van der Waals surface area contributed by atoms with E-state index < -0.39 is 6.36 Å². The number of rotatable bonds is 5. The van der Waals surface area contributed by atoms with Gasteiger partial charge in [-0.3, -0.25) is 4.79 Å². The van der Waals surface area contributed by atoms with E-state index in [1.165, 1.54) is 18.2 Å². The van der Waals surface area contributed by atoms with Crippen molar-refractivity contribution in [3.05, 3.63) is 59.7 Å². The fourth-order valence-corrected chi connectivity index (χ4v) is 2.06. The Kier molecular flexibility index (Phi) is 5.33. The van der Waals surface area contributed by atoms with Crippen molar-refractivity contribution in [3.8, 4) is 5.75 Å². The molecule has 7 heteroatoms. The Hall–Kier alpha value is -2.70. The number of nitrogens with zero attached hydrogens (tertiary/aromatic N) is 1. The summed E-state index contributed by atoms with van der Waals surface area (Å²) in [6, 6.07) is 12.6. The number of nitrogens with one attached hydrogen (secondary N) is 1. The molecule has 24 heavy (non-hydrogen) atoms. The van der Waals surface area contributed by atoms with Crippen LogP contribution in [0.3, 0.4) is 0 Å². The van der Waals surface area contributed by atoms with Crippen LogP contribution in [-0.2, 0) is 6.54 Å². The molecule has 0 aliphatic rings. The summed E-state index contributed by atoms with van der Waals surface area (Å²) >= 11 is 0. The quantitative estimate of drug-likeness (QED) is 0.906. The minimum atomic E-state index is -4.78. The number of halogens is 3. The van der Waals surface area contributed by atoms with Gasteiger partial charge in [0.25, 0.3) is 5.91 Å². The molecule has 1 amide bonds. The minimum absolute atomic E-state index is 0.0689. The van der Waals surface area contributed by atoms with Gasteiger partial charge in [-0.1, -0.05) is 18.2 Å². The van der Waals surface area contributed by atoms with Crippen LogP contribution in [-0.4, -0.2) is 26.4 Å². The molecule has 2 aromatic carbocycles. The summed E-state index contributed by atoms with van der Waals surface area (Å²) in [6.07, 6.45) is -4.78. The van der Waals surface area contributed by atoms with Gasteiger partial charge in [0.15, 0.2) is 0 Å². The van der Waals surface area contributed by atoms with Crippen LogP contribution in [0, 0.1) is 0 Å². The Bertz CT molecular complexity index is 698. The molecule has 1 N–H and O–H groups in total. The van der Waals surface area contributed by atoms with Crippen LogP contribution in [0.25, 0.3) is 0 Å². The smallest absolute Gasteiger partial charge is 0.405 e. The number of ether oxygens (including phenoxy) is 1. The Morgan fingerprint density at radius 2 is 1.71 bits per heavy atom. The topological polar surface area (TPSA) is 41.6 Å². The van der Waals surface area contributed by atoms with E-state index in [9.17, 15) is 18.0 Å². The van der Waals surface area contributed by atoms with Crippen molar-refractivity contribution in [1.29, 1.82) is 0 Å². The van der Waals surface area contributed by atoms with Gasteiger partial charge < -0.3 is 15.0 Å². The van der Waals surface area contributed by atoms with E-state index in [-0.39, 0.29) is 23.8 Å². The molecule has 0 spiro atoms. The zero-order chi connectivity index (χ0) is 17.7. The van der Waals surface area contributed by atoms with Crippen LogP contribution in [0.15, 0.2) is 48.5 Å². The second kappa shape index (κ2) is 7.25. The second-order valence-corrected chi connectivity index (χ2v) is 5.28. The SMILES string of the molecule is CN(C)c1ccc(C(=O)NCc2ccccc2OC(F)(F)F)cc1. The number of carbonyl (C=O) groups is 1. The third-order valence-corrected chi connectivity index (χ3v) is 3.28. The molecule has 0 atom stereocenters. The molecule has 0 unspecified atom stereocenters. The summed E-state index contributed by atoms with van der Waals surface area (Å²) in [6.45, 7) is -0.0689. The van der Waals surface area contributed by atoms with Gasteiger partial charge in [0, 0.05) is 37.5 Å². The molecule has 4 nitrogen and oxygen atoms in total. The molecule has 0 saturated carbocycles. The number of carbonyl (C=O) groups excluding carboxylic acids is 1. The number of amides is 1. The number of hydrogen-bond acceptors (Lipinski definition) is 3. The predicted octanol–water partition coefficient (Wildman–Crippen LogP) is 3.58. The number of benzene rings is 2. The maximum Gasteiger partial charge on any atom is 0.573 e. The van der Waals surface area contributed by atoms with Crippen molar-refractivity contribution in [1.82, 2.24) is 5.32 Å². The Balaban J connectivity index is 2.04. The van der Waals surface area contributed by atoms with Crippen LogP contribution in [0.4, 0.5) is 18.9 Å². The highest BCUT2D eigenvalue weighted by Crippen LogP contribution is 2.26. The fourth-order valence-electron chi connectivity index (χ4n) is 2.06. The molecule has 2 aromatic rings. The molecule has 0 bridgehead atoms. The lowest BCUT2D eigenvalue weighted by Gasteiger charge is -2.14. The molecule has 0 radical (unpaired) electrons. The van der Waals surface area contributed by atoms with Crippen LogP contribution >= 0.6 is 0 Å². The fraction of sp³-hybridized carbons (Fsp3) is 0.235. The molecule has 128 valence electrons. The minimum Gasteiger partial charge on any atom is -0.405 e. The third-order valence-electron chi connectivity index (χ3n) is 3.28. The Morgan fingerprint density at radius 3 is 2.29 bits per heavy atom. The van der Waals surface area contributed by atoms with Gasteiger partial charge in [-0.25, -0.2) is 0 Å². The summed E-state index contributed by atoms with van der Waals surface area (Å²) in [4.78, 5) is 14.0. The summed E-state index contributed by atoms with van der Waals surface area (Å²) in [7, 11) is 3.76. The van der Waals surface area contributed by atoms with Crippen molar-refractivity contribution in [3.63, 3.8) is 0 Å². The molecule has 2 rings (SSSR count). The van der Waals surface area contributed by atoms with Crippen LogP contribution < -0.4 is 15.0 Å². The van der Waals surface area contributed by atoms with E-state index in [4.69, 9.17) is 0 Å². The van der Waals surface area contributed by atoms with E-state index in [0.29, 0.717) is 5.56 Å². The van der Waals surface area contributed by atoms with Gasteiger partial charge in [0.1, 0.15) is 5.75 Å². The number of anilines is 1. The van der Waals surface area contributed by atoms with E-state index in [1.54, 1.807) is 30.3 Å². The molecule has 0 aliphatic heterocycles. The maximum absolute atomic E-state index is 12.4. The standard InChI is InChI=1S/C17H17F3N2O2/c1-22(2)14-9-7-12(8-10-14)16(23)21-11-13-5-3-4-6-15(13)24-17(18,19)20/h3-10H,11H2,1-2H3,(H,21,23).